The average molecular weight is 402 g/mol. The normalized spacial score (nSPS) is 15.4. The van der Waals surface area contributed by atoms with Crippen molar-refractivity contribution < 1.29 is 17.9 Å². The maximum atomic E-state index is 12.7. The third-order valence-electron chi connectivity index (χ3n) is 4.98. The molecule has 0 radical (unpaired) electrons. The molecule has 0 heterocycles. The van der Waals surface area contributed by atoms with Crippen LogP contribution in [0.1, 0.15) is 67.8 Å². The van der Waals surface area contributed by atoms with Gasteiger partial charge in [-0.2, -0.15) is 0 Å². The molecule has 6 heteroatoms. The second kappa shape index (κ2) is 8.78. The van der Waals surface area contributed by atoms with Gasteiger partial charge in [-0.15, -0.1) is 0 Å². The van der Waals surface area contributed by atoms with Crippen molar-refractivity contribution >= 4 is 21.7 Å². The van der Waals surface area contributed by atoms with Crippen LogP contribution in [0.15, 0.2) is 53.4 Å². The van der Waals surface area contributed by atoms with Crippen LogP contribution in [-0.2, 0) is 14.8 Å². The molecule has 0 atom stereocenters. The summed E-state index contributed by atoms with van der Waals surface area (Å²) in [6, 6.07) is 13.4. The molecule has 2 aromatic carbocycles. The van der Waals surface area contributed by atoms with Crippen molar-refractivity contribution in [3.63, 3.8) is 0 Å². The van der Waals surface area contributed by atoms with Crippen LogP contribution in [0.25, 0.3) is 0 Å². The van der Waals surface area contributed by atoms with Gasteiger partial charge in [0, 0.05) is 5.69 Å². The molecule has 2 aromatic rings. The van der Waals surface area contributed by atoms with Crippen molar-refractivity contribution in [3.8, 4) is 0 Å². The maximum Gasteiger partial charge on any atom is 0.338 e. The van der Waals surface area contributed by atoms with E-state index in [2.05, 4.69) is 4.72 Å². The molecule has 1 fully saturated rings. The van der Waals surface area contributed by atoms with E-state index in [4.69, 9.17) is 4.74 Å². The molecule has 5 nitrogen and oxygen atoms in total. The molecular weight excluding hydrogens is 374 g/mol. The minimum Gasteiger partial charge on any atom is -0.459 e. The van der Waals surface area contributed by atoms with E-state index in [0.29, 0.717) is 17.2 Å². The molecule has 1 aliphatic rings. The molecule has 1 saturated carbocycles. The van der Waals surface area contributed by atoms with Gasteiger partial charge in [-0.05, 0) is 74.6 Å². The SMILES string of the molecule is CC(C)OC(=O)c1ccc(NS(=O)(=O)c2ccc(C3CCCCC3)cc2)cc1. The lowest BCUT2D eigenvalue weighted by Gasteiger charge is -2.22. The first-order chi connectivity index (χ1) is 13.3. The highest BCUT2D eigenvalue weighted by atomic mass is 32.2. The summed E-state index contributed by atoms with van der Waals surface area (Å²) >= 11 is 0. The van der Waals surface area contributed by atoms with Crippen molar-refractivity contribution in [1.29, 1.82) is 0 Å². The van der Waals surface area contributed by atoms with E-state index in [0.717, 1.165) is 0 Å². The Labute approximate surface area is 167 Å². The van der Waals surface area contributed by atoms with Gasteiger partial charge in [0.1, 0.15) is 0 Å². The number of anilines is 1. The quantitative estimate of drug-likeness (QED) is 0.684. The molecule has 1 aliphatic carbocycles. The summed E-state index contributed by atoms with van der Waals surface area (Å²) in [6.07, 6.45) is 5.93. The first-order valence-electron chi connectivity index (χ1n) is 9.79. The molecule has 0 spiro atoms. The minimum absolute atomic E-state index is 0.206. The fourth-order valence-electron chi connectivity index (χ4n) is 3.53. The second-order valence-corrected chi connectivity index (χ2v) is 9.22. The molecule has 0 aromatic heterocycles. The Morgan fingerprint density at radius 3 is 2.14 bits per heavy atom. The van der Waals surface area contributed by atoms with E-state index in [1.54, 1.807) is 50.2 Å². The number of esters is 1. The largest absolute Gasteiger partial charge is 0.459 e. The van der Waals surface area contributed by atoms with Crippen LogP contribution < -0.4 is 4.72 Å². The van der Waals surface area contributed by atoms with E-state index >= 15 is 0 Å². The van der Waals surface area contributed by atoms with E-state index in [1.807, 2.05) is 12.1 Å². The van der Waals surface area contributed by atoms with Gasteiger partial charge >= 0.3 is 5.97 Å². The zero-order valence-electron chi connectivity index (χ0n) is 16.4. The Hall–Kier alpha value is -2.34. The predicted molar refractivity (Wildman–Crippen MR) is 110 cm³/mol. The zero-order valence-corrected chi connectivity index (χ0v) is 17.2. The highest BCUT2D eigenvalue weighted by molar-refractivity contribution is 7.92. The first-order valence-corrected chi connectivity index (χ1v) is 11.3. The predicted octanol–water partition coefficient (Wildman–Crippen LogP) is 5.10. The number of nitrogens with one attached hydrogen (secondary N) is 1. The van der Waals surface area contributed by atoms with Crippen LogP contribution in [-0.4, -0.2) is 20.5 Å². The van der Waals surface area contributed by atoms with Gasteiger partial charge in [-0.3, -0.25) is 4.72 Å². The van der Waals surface area contributed by atoms with Crippen LogP contribution in [0, 0.1) is 0 Å². The molecule has 0 saturated heterocycles. The lowest BCUT2D eigenvalue weighted by atomic mass is 9.84. The number of carbonyl (C=O) groups excluding carboxylic acids is 1. The smallest absolute Gasteiger partial charge is 0.338 e. The number of ether oxygens (including phenoxy) is 1. The van der Waals surface area contributed by atoms with E-state index in [1.165, 1.54) is 37.7 Å². The van der Waals surface area contributed by atoms with Gasteiger partial charge < -0.3 is 4.74 Å². The molecule has 1 N–H and O–H groups in total. The molecule has 0 amide bonds. The molecular formula is C22H27NO4S. The molecule has 3 rings (SSSR count). The number of rotatable bonds is 6. The highest BCUT2D eigenvalue weighted by Gasteiger charge is 2.18. The standard InChI is InChI=1S/C22H27NO4S/c1-16(2)27-22(24)19-8-12-20(13-9-19)23-28(25,26)21-14-10-18(11-15-21)17-6-4-3-5-7-17/h8-17,23H,3-7H2,1-2H3. The van der Waals surface area contributed by atoms with Gasteiger partial charge in [-0.25, -0.2) is 13.2 Å². The third-order valence-corrected chi connectivity index (χ3v) is 6.38. The van der Waals surface area contributed by atoms with Gasteiger partial charge in [-0.1, -0.05) is 31.4 Å². The number of hydrogen-bond donors (Lipinski definition) is 1. The number of hydrogen-bond acceptors (Lipinski definition) is 4. The number of benzene rings is 2. The summed E-state index contributed by atoms with van der Waals surface area (Å²) in [5.41, 5.74) is 2.00. The van der Waals surface area contributed by atoms with Gasteiger partial charge in [0.05, 0.1) is 16.6 Å². The van der Waals surface area contributed by atoms with Crippen molar-refractivity contribution in [3.05, 3.63) is 59.7 Å². The molecule has 28 heavy (non-hydrogen) atoms. The Bertz CT molecular complexity index is 897. The third kappa shape index (κ3) is 5.13. The summed E-state index contributed by atoms with van der Waals surface area (Å²) in [5, 5.41) is 0. The fourth-order valence-corrected chi connectivity index (χ4v) is 4.58. The average Bonchev–Trinajstić information content (AvgIpc) is 2.68. The van der Waals surface area contributed by atoms with Gasteiger partial charge in [0.25, 0.3) is 10.0 Å². The van der Waals surface area contributed by atoms with Crippen molar-refractivity contribution in [2.45, 2.75) is 62.9 Å². The molecule has 0 unspecified atom stereocenters. The number of carbonyl (C=O) groups is 1. The van der Waals surface area contributed by atoms with Crippen LogP contribution in [0.4, 0.5) is 5.69 Å². The molecule has 150 valence electrons. The summed E-state index contributed by atoms with van der Waals surface area (Å²) in [4.78, 5) is 12.1. The van der Waals surface area contributed by atoms with Crippen molar-refractivity contribution in [2.24, 2.45) is 0 Å². The summed E-state index contributed by atoms with van der Waals surface area (Å²) in [7, 11) is -3.68. The van der Waals surface area contributed by atoms with Crippen molar-refractivity contribution in [1.82, 2.24) is 0 Å². The summed E-state index contributed by atoms with van der Waals surface area (Å²) in [6.45, 7) is 3.56. The minimum atomic E-state index is -3.68. The van der Waals surface area contributed by atoms with Crippen molar-refractivity contribution in [2.75, 3.05) is 4.72 Å². The van der Waals surface area contributed by atoms with E-state index in [-0.39, 0.29) is 11.0 Å². The lowest BCUT2D eigenvalue weighted by molar-refractivity contribution is 0.0378. The monoisotopic (exact) mass is 401 g/mol. The van der Waals surface area contributed by atoms with Crippen LogP contribution in [0.3, 0.4) is 0 Å². The summed E-state index contributed by atoms with van der Waals surface area (Å²) < 4.78 is 33.0. The maximum absolute atomic E-state index is 12.7. The van der Waals surface area contributed by atoms with Gasteiger partial charge in [0.2, 0.25) is 0 Å². The Balaban J connectivity index is 1.68. The molecule has 0 bridgehead atoms. The zero-order chi connectivity index (χ0) is 20.1. The Kier molecular flexibility index (Phi) is 6.39. The summed E-state index contributed by atoms with van der Waals surface area (Å²) in [5.74, 6) is 0.110. The van der Waals surface area contributed by atoms with Crippen LogP contribution in [0.2, 0.25) is 0 Å². The lowest BCUT2D eigenvalue weighted by Crippen LogP contribution is -2.14. The van der Waals surface area contributed by atoms with Gasteiger partial charge in [0.15, 0.2) is 0 Å². The van der Waals surface area contributed by atoms with Crippen LogP contribution >= 0.6 is 0 Å². The Morgan fingerprint density at radius 1 is 0.964 bits per heavy atom. The number of sulfonamides is 1. The second-order valence-electron chi connectivity index (χ2n) is 7.54. The van der Waals surface area contributed by atoms with E-state index in [9.17, 15) is 13.2 Å². The van der Waals surface area contributed by atoms with Crippen LogP contribution in [0.5, 0.6) is 0 Å². The fraction of sp³-hybridized carbons (Fsp3) is 0.409. The first kappa shape index (κ1) is 20.4. The van der Waals surface area contributed by atoms with E-state index < -0.39 is 16.0 Å². The molecule has 0 aliphatic heterocycles. The Morgan fingerprint density at radius 2 is 1.57 bits per heavy atom. The topological polar surface area (TPSA) is 72.5 Å². The highest BCUT2D eigenvalue weighted by Crippen LogP contribution is 2.33.